The van der Waals surface area contributed by atoms with Gasteiger partial charge in [-0.15, -0.1) is 0 Å². The SMILES string of the molecule is COC(=O)c1ccc([N+](=O)[O-])c(Sc2ncccc2Cl)c1. The second-order valence-electron chi connectivity index (χ2n) is 3.82. The Morgan fingerprint density at radius 3 is 2.81 bits per heavy atom. The fourth-order valence-corrected chi connectivity index (χ4v) is 2.70. The summed E-state index contributed by atoms with van der Waals surface area (Å²) >= 11 is 7.01. The summed E-state index contributed by atoms with van der Waals surface area (Å²) < 4.78 is 4.61. The zero-order valence-electron chi connectivity index (χ0n) is 10.8. The van der Waals surface area contributed by atoms with Gasteiger partial charge in [-0.05, 0) is 24.3 Å². The summed E-state index contributed by atoms with van der Waals surface area (Å²) in [4.78, 5) is 26.4. The van der Waals surface area contributed by atoms with Crippen LogP contribution in [0.25, 0.3) is 0 Å². The molecular weight excluding hydrogens is 316 g/mol. The molecule has 1 aromatic heterocycles. The standard InChI is InChI=1S/C13H9ClN2O4S/c1-20-13(17)8-4-5-10(16(18)19)11(7-8)21-12-9(14)3-2-6-15-12/h2-7H,1H3. The third-order valence-corrected chi connectivity index (χ3v) is 3.99. The van der Waals surface area contributed by atoms with Crippen molar-refractivity contribution < 1.29 is 14.5 Å². The van der Waals surface area contributed by atoms with Gasteiger partial charge >= 0.3 is 5.97 Å². The highest BCUT2D eigenvalue weighted by atomic mass is 35.5. The third-order valence-electron chi connectivity index (χ3n) is 2.51. The Hall–Kier alpha value is -2.12. The van der Waals surface area contributed by atoms with Crippen molar-refractivity contribution in [3.8, 4) is 0 Å². The molecule has 0 aliphatic rings. The minimum absolute atomic E-state index is 0.130. The number of nitro benzene ring substituents is 1. The van der Waals surface area contributed by atoms with Gasteiger partial charge in [-0.1, -0.05) is 23.4 Å². The number of methoxy groups -OCH3 is 1. The number of carbonyl (C=O) groups is 1. The van der Waals surface area contributed by atoms with Crippen LogP contribution in [-0.4, -0.2) is 23.0 Å². The van der Waals surface area contributed by atoms with Gasteiger partial charge < -0.3 is 4.74 Å². The maximum absolute atomic E-state index is 11.5. The van der Waals surface area contributed by atoms with Gasteiger partial charge in [-0.25, -0.2) is 9.78 Å². The molecule has 0 amide bonds. The number of pyridine rings is 1. The van der Waals surface area contributed by atoms with Gasteiger partial charge in [0.1, 0.15) is 5.03 Å². The summed E-state index contributed by atoms with van der Waals surface area (Å²) in [6.07, 6.45) is 1.53. The van der Waals surface area contributed by atoms with Gasteiger partial charge in [0.05, 0.1) is 27.5 Å². The molecule has 0 unspecified atom stereocenters. The Kier molecular flexibility index (Phi) is 4.77. The monoisotopic (exact) mass is 324 g/mol. The van der Waals surface area contributed by atoms with Gasteiger partial charge in [-0.3, -0.25) is 10.1 Å². The molecule has 6 nitrogen and oxygen atoms in total. The maximum Gasteiger partial charge on any atom is 0.337 e. The minimum Gasteiger partial charge on any atom is -0.465 e. The number of halogens is 1. The van der Waals surface area contributed by atoms with Crippen LogP contribution in [0.2, 0.25) is 5.02 Å². The Labute approximate surface area is 129 Å². The summed E-state index contributed by atoms with van der Waals surface area (Å²) in [5.41, 5.74) is 0.0898. The van der Waals surface area contributed by atoms with E-state index < -0.39 is 10.9 Å². The molecule has 21 heavy (non-hydrogen) atoms. The molecule has 0 radical (unpaired) electrons. The van der Waals surface area contributed by atoms with Crippen molar-refractivity contribution in [2.24, 2.45) is 0 Å². The number of nitro groups is 1. The number of hydrogen-bond donors (Lipinski definition) is 0. The molecule has 2 rings (SSSR count). The van der Waals surface area contributed by atoms with E-state index in [0.29, 0.717) is 10.0 Å². The van der Waals surface area contributed by atoms with Crippen molar-refractivity contribution in [2.75, 3.05) is 7.11 Å². The second-order valence-corrected chi connectivity index (χ2v) is 5.26. The first-order chi connectivity index (χ1) is 10.0. The molecule has 0 bridgehead atoms. The number of aromatic nitrogens is 1. The molecule has 2 aromatic rings. The molecule has 0 aliphatic carbocycles. The van der Waals surface area contributed by atoms with Gasteiger partial charge in [0.2, 0.25) is 0 Å². The van der Waals surface area contributed by atoms with Crippen molar-refractivity contribution >= 4 is 35.0 Å². The molecule has 0 N–H and O–H groups in total. The summed E-state index contributed by atoms with van der Waals surface area (Å²) in [7, 11) is 1.24. The summed E-state index contributed by atoms with van der Waals surface area (Å²) in [5.74, 6) is -0.570. The van der Waals surface area contributed by atoms with Crippen molar-refractivity contribution in [2.45, 2.75) is 9.92 Å². The maximum atomic E-state index is 11.5. The van der Waals surface area contributed by atoms with E-state index in [1.807, 2.05) is 0 Å². The predicted octanol–water partition coefficient (Wildman–Crippen LogP) is 3.58. The molecule has 1 heterocycles. The van der Waals surface area contributed by atoms with Gasteiger partial charge in [0.15, 0.2) is 0 Å². The number of carbonyl (C=O) groups excluding carboxylic acids is 1. The smallest absolute Gasteiger partial charge is 0.337 e. The fraction of sp³-hybridized carbons (Fsp3) is 0.0769. The molecule has 0 saturated heterocycles. The Bertz CT molecular complexity index is 708. The Morgan fingerprint density at radius 1 is 1.43 bits per heavy atom. The van der Waals surface area contributed by atoms with E-state index in [4.69, 9.17) is 11.6 Å². The first-order valence-electron chi connectivity index (χ1n) is 5.68. The van der Waals surface area contributed by atoms with Crippen LogP contribution in [0.15, 0.2) is 46.5 Å². The quantitative estimate of drug-likeness (QED) is 0.485. The molecule has 8 heteroatoms. The van der Waals surface area contributed by atoms with Crippen LogP contribution in [-0.2, 0) is 4.74 Å². The van der Waals surface area contributed by atoms with Crippen LogP contribution in [0.1, 0.15) is 10.4 Å². The highest BCUT2D eigenvalue weighted by Crippen LogP contribution is 2.37. The molecular formula is C13H9ClN2O4S. The van der Waals surface area contributed by atoms with E-state index in [0.717, 1.165) is 11.8 Å². The van der Waals surface area contributed by atoms with Crippen LogP contribution in [0, 0.1) is 10.1 Å². The van der Waals surface area contributed by atoms with E-state index in [1.165, 1.54) is 31.5 Å². The average Bonchev–Trinajstić information content (AvgIpc) is 2.48. The van der Waals surface area contributed by atoms with Crippen LogP contribution in [0.4, 0.5) is 5.69 Å². The van der Waals surface area contributed by atoms with Crippen LogP contribution in [0.5, 0.6) is 0 Å². The van der Waals surface area contributed by atoms with E-state index >= 15 is 0 Å². The number of esters is 1. The minimum atomic E-state index is -0.570. The normalized spacial score (nSPS) is 10.2. The van der Waals surface area contributed by atoms with Crippen molar-refractivity contribution in [3.63, 3.8) is 0 Å². The average molecular weight is 325 g/mol. The van der Waals surface area contributed by atoms with Crippen LogP contribution < -0.4 is 0 Å². The summed E-state index contributed by atoms with van der Waals surface area (Å²) in [5, 5.41) is 11.9. The molecule has 1 aromatic carbocycles. The fourth-order valence-electron chi connectivity index (χ4n) is 1.54. The van der Waals surface area contributed by atoms with E-state index in [-0.39, 0.29) is 16.1 Å². The van der Waals surface area contributed by atoms with Crippen LogP contribution >= 0.6 is 23.4 Å². The largest absolute Gasteiger partial charge is 0.465 e. The van der Waals surface area contributed by atoms with E-state index in [9.17, 15) is 14.9 Å². The molecule has 0 atom stereocenters. The summed E-state index contributed by atoms with van der Waals surface area (Å²) in [6.45, 7) is 0. The topological polar surface area (TPSA) is 82.3 Å². The van der Waals surface area contributed by atoms with E-state index in [2.05, 4.69) is 9.72 Å². The van der Waals surface area contributed by atoms with E-state index in [1.54, 1.807) is 12.1 Å². The zero-order valence-corrected chi connectivity index (χ0v) is 12.4. The lowest BCUT2D eigenvalue weighted by molar-refractivity contribution is -0.387. The highest BCUT2D eigenvalue weighted by molar-refractivity contribution is 7.99. The number of rotatable bonds is 4. The van der Waals surface area contributed by atoms with Crippen molar-refractivity contribution in [1.29, 1.82) is 0 Å². The van der Waals surface area contributed by atoms with Crippen LogP contribution in [0.3, 0.4) is 0 Å². The predicted molar refractivity (Wildman–Crippen MR) is 77.8 cm³/mol. The van der Waals surface area contributed by atoms with Crippen molar-refractivity contribution in [3.05, 3.63) is 57.2 Å². The van der Waals surface area contributed by atoms with Gasteiger partial charge in [-0.2, -0.15) is 0 Å². The molecule has 0 aliphatic heterocycles. The van der Waals surface area contributed by atoms with Gasteiger partial charge in [0, 0.05) is 12.3 Å². The lowest BCUT2D eigenvalue weighted by Crippen LogP contribution is -2.02. The lowest BCUT2D eigenvalue weighted by atomic mass is 10.2. The zero-order chi connectivity index (χ0) is 15.4. The van der Waals surface area contributed by atoms with Crippen molar-refractivity contribution in [1.82, 2.24) is 4.98 Å². The molecule has 0 fully saturated rings. The first-order valence-corrected chi connectivity index (χ1v) is 6.87. The number of ether oxygens (including phenoxy) is 1. The number of hydrogen-bond acceptors (Lipinski definition) is 6. The molecule has 0 saturated carbocycles. The highest BCUT2D eigenvalue weighted by Gasteiger charge is 2.19. The summed E-state index contributed by atoms with van der Waals surface area (Å²) in [6, 6.07) is 7.28. The molecule has 108 valence electrons. The third kappa shape index (κ3) is 3.50. The lowest BCUT2D eigenvalue weighted by Gasteiger charge is -2.06. The van der Waals surface area contributed by atoms with Gasteiger partial charge in [0.25, 0.3) is 5.69 Å². The Morgan fingerprint density at radius 2 is 2.19 bits per heavy atom. The Balaban J connectivity index is 2.46. The number of benzene rings is 1. The molecule has 0 spiro atoms. The first kappa shape index (κ1) is 15.3. The second kappa shape index (κ2) is 6.55. The number of nitrogens with zero attached hydrogens (tertiary/aromatic N) is 2.